The number of aromatic amines is 1. The molecule has 0 radical (unpaired) electrons. The van der Waals surface area contributed by atoms with E-state index in [4.69, 9.17) is 4.42 Å². The number of halogens is 1. The average molecular weight is 365 g/mol. The Morgan fingerprint density at radius 1 is 1.24 bits per heavy atom. The summed E-state index contributed by atoms with van der Waals surface area (Å²) in [5.41, 5.74) is 0.689. The van der Waals surface area contributed by atoms with Gasteiger partial charge in [-0.25, -0.2) is 4.98 Å². The van der Waals surface area contributed by atoms with Crippen molar-refractivity contribution in [1.29, 1.82) is 0 Å². The van der Waals surface area contributed by atoms with Gasteiger partial charge in [-0.3, -0.25) is 9.89 Å². The number of aromatic nitrogens is 3. The monoisotopic (exact) mass is 364 g/mol. The maximum atomic E-state index is 11.9. The van der Waals surface area contributed by atoms with E-state index in [0.29, 0.717) is 15.5 Å². The summed E-state index contributed by atoms with van der Waals surface area (Å²) in [6, 6.07) is 10.7. The smallest absolute Gasteiger partial charge is 0.291 e. The van der Waals surface area contributed by atoms with Gasteiger partial charge in [0, 0.05) is 10.6 Å². The van der Waals surface area contributed by atoms with Crippen molar-refractivity contribution < 1.29 is 9.21 Å². The van der Waals surface area contributed by atoms with E-state index in [-0.39, 0.29) is 11.7 Å². The minimum absolute atomic E-state index is 0.252. The molecular formula is C13H9BrN4O2S. The number of nitrogens with one attached hydrogen (secondary N) is 2. The molecule has 2 N–H and O–H groups in total. The van der Waals surface area contributed by atoms with Gasteiger partial charge in [0.05, 0.1) is 0 Å². The highest BCUT2D eigenvalue weighted by Crippen LogP contribution is 2.25. The topological polar surface area (TPSA) is 83.8 Å². The Morgan fingerprint density at radius 2 is 2.05 bits per heavy atom. The van der Waals surface area contributed by atoms with E-state index in [1.165, 1.54) is 18.1 Å². The fourth-order valence-electron chi connectivity index (χ4n) is 1.59. The van der Waals surface area contributed by atoms with Crippen molar-refractivity contribution in [3.05, 3.63) is 53.2 Å². The van der Waals surface area contributed by atoms with E-state index in [1.54, 1.807) is 12.1 Å². The first kappa shape index (κ1) is 13.9. The summed E-state index contributed by atoms with van der Waals surface area (Å²) in [7, 11) is 0. The lowest BCUT2D eigenvalue weighted by atomic mass is 10.3. The Kier molecular flexibility index (Phi) is 4.07. The van der Waals surface area contributed by atoms with Crippen LogP contribution in [0.2, 0.25) is 0 Å². The van der Waals surface area contributed by atoms with Gasteiger partial charge in [-0.15, -0.1) is 0 Å². The zero-order valence-electron chi connectivity index (χ0n) is 10.5. The van der Waals surface area contributed by atoms with Crippen LogP contribution in [0.3, 0.4) is 0 Å². The second-order valence-corrected chi connectivity index (χ2v) is 5.82. The largest absolute Gasteiger partial charge is 0.444 e. The van der Waals surface area contributed by atoms with E-state index in [2.05, 4.69) is 36.4 Å². The Hall–Kier alpha value is -2.06. The molecular weight excluding hydrogens is 356 g/mol. The van der Waals surface area contributed by atoms with E-state index in [9.17, 15) is 4.79 Å². The van der Waals surface area contributed by atoms with Crippen molar-refractivity contribution in [2.24, 2.45) is 0 Å². The van der Waals surface area contributed by atoms with Crippen molar-refractivity contribution in [3.8, 4) is 0 Å². The highest BCUT2D eigenvalue weighted by molar-refractivity contribution is 9.10. The molecule has 8 heteroatoms. The third-order valence-electron chi connectivity index (χ3n) is 2.52. The van der Waals surface area contributed by atoms with Crippen LogP contribution in [0.25, 0.3) is 0 Å². The molecule has 106 valence electrons. The van der Waals surface area contributed by atoms with Crippen molar-refractivity contribution in [2.45, 2.75) is 10.1 Å². The van der Waals surface area contributed by atoms with Crippen LogP contribution in [-0.2, 0) is 0 Å². The zero-order chi connectivity index (χ0) is 14.7. The number of rotatable bonds is 4. The van der Waals surface area contributed by atoms with E-state index in [1.807, 2.05) is 24.3 Å². The molecule has 1 aromatic carbocycles. The molecule has 0 bridgehead atoms. The number of amides is 1. The van der Waals surface area contributed by atoms with E-state index >= 15 is 0 Å². The molecule has 0 aliphatic carbocycles. The summed E-state index contributed by atoms with van der Waals surface area (Å²) >= 11 is 4.62. The Balaban J connectivity index is 1.65. The van der Waals surface area contributed by atoms with Crippen LogP contribution in [-0.4, -0.2) is 21.1 Å². The highest BCUT2D eigenvalue weighted by Gasteiger charge is 2.10. The van der Waals surface area contributed by atoms with Crippen molar-refractivity contribution >= 4 is 39.3 Å². The van der Waals surface area contributed by atoms with Gasteiger partial charge in [-0.1, -0.05) is 11.8 Å². The van der Waals surface area contributed by atoms with Crippen LogP contribution in [0.4, 0.5) is 5.69 Å². The maximum absolute atomic E-state index is 11.9. The molecule has 0 saturated heterocycles. The first-order chi connectivity index (χ1) is 10.2. The predicted molar refractivity (Wildman–Crippen MR) is 81.3 cm³/mol. The number of benzene rings is 1. The summed E-state index contributed by atoms with van der Waals surface area (Å²) in [5, 5.41) is 10.0. The van der Waals surface area contributed by atoms with Gasteiger partial charge >= 0.3 is 0 Å². The first-order valence-corrected chi connectivity index (χ1v) is 7.51. The molecule has 0 unspecified atom stereocenters. The van der Waals surface area contributed by atoms with Gasteiger partial charge < -0.3 is 9.73 Å². The summed E-state index contributed by atoms with van der Waals surface area (Å²) < 4.78 is 5.71. The molecule has 0 aliphatic heterocycles. The number of H-pyrrole nitrogens is 1. The molecule has 3 rings (SSSR count). The Bertz CT molecular complexity index is 740. The Labute approximate surface area is 132 Å². The number of anilines is 1. The number of nitrogens with zero attached hydrogens (tertiary/aromatic N) is 2. The van der Waals surface area contributed by atoms with Crippen LogP contribution in [0.15, 0.2) is 61.9 Å². The summed E-state index contributed by atoms with van der Waals surface area (Å²) in [6.07, 6.45) is 1.46. The molecule has 6 nitrogen and oxygen atoms in total. The van der Waals surface area contributed by atoms with Gasteiger partial charge in [0.2, 0.25) is 0 Å². The molecule has 3 aromatic rings. The SMILES string of the molecule is O=C(Nc1ccc(Sc2ncn[nH]2)cc1)c1ccc(Br)o1. The number of hydrogen-bond donors (Lipinski definition) is 2. The molecule has 0 saturated carbocycles. The molecule has 2 aromatic heterocycles. The predicted octanol–water partition coefficient (Wildman–Crippen LogP) is 3.56. The fraction of sp³-hybridized carbons (Fsp3) is 0. The van der Waals surface area contributed by atoms with Crippen molar-refractivity contribution in [3.63, 3.8) is 0 Å². The zero-order valence-corrected chi connectivity index (χ0v) is 12.9. The average Bonchev–Trinajstić information content (AvgIpc) is 3.12. The third-order valence-corrected chi connectivity index (χ3v) is 3.84. The number of hydrogen-bond acceptors (Lipinski definition) is 5. The molecule has 0 atom stereocenters. The molecule has 0 fully saturated rings. The fourth-order valence-corrected chi connectivity index (χ4v) is 2.59. The van der Waals surface area contributed by atoms with Crippen LogP contribution >= 0.6 is 27.7 Å². The molecule has 1 amide bonds. The number of furan rings is 1. The van der Waals surface area contributed by atoms with Gasteiger partial charge in [-0.2, -0.15) is 5.10 Å². The second-order valence-electron chi connectivity index (χ2n) is 3.97. The van der Waals surface area contributed by atoms with E-state index < -0.39 is 0 Å². The highest BCUT2D eigenvalue weighted by atomic mass is 79.9. The van der Waals surface area contributed by atoms with Crippen LogP contribution in [0.1, 0.15) is 10.6 Å². The normalized spacial score (nSPS) is 10.5. The van der Waals surface area contributed by atoms with Gasteiger partial charge in [0.1, 0.15) is 6.33 Å². The summed E-state index contributed by atoms with van der Waals surface area (Å²) in [5.74, 6) is -0.0432. The Morgan fingerprint density at radius 3 is 2.67 bits per heavy atom. The quantitative estimate of drug-likeness (QED) is 0.739. The van der Waals surface area contributed by atoms with Gasteiger partial charge in [0.15, 0.2) is 15.6 Å². The second kappa shape index (κ2) is 6.15. The van der Waals surface area contributed by atoms with Gasteiger partial charge in [-0.05, 0) is 52.3 Å². The summed E-state index contributed by atoms with van der Waals surface area (Å²) in [6.45, 7) is 0. The summed E-state index contributed by atoms with van der Waals surface area (Å²) in [4.78, 5) is 16.9. The molecule has 0 aliphatic rings. The van der Waals surface area contributed by atoms with Crippen LogP contribution in [0, 0.1) is 0 Å². The van der Waals surface area contributed by atoms with E-state index in [0.717, 1.165) is 4.90 Å². The van der Waals surface area contributed by atoms with Crippen molar-refractivity contribution in [1.82, 2.24) is 15.2 Å². The molecule has 0 spiro atoms. The van der Waals surface area contributed by atoms with Crippen molar-refractivity contribution in [2.75, 3.05) is 5.32 Å². The molecule has 21 heavy (non-hydrogen) atoms. The lowest BCUT2D eigenvalue weighted by molar-refractivity contribution is 0.0995. The lowest BCUT2D eigenvalue weighted by Gasteiger charge is -2.04. The van der Waals surface area contributed by atoms with Crippen LogP contribution in [0.5, 0.6) is 0 Å². The first-order valence-electron chi connectivity index (χ1n) is 5.91. The minimum atomic E-state index is -0.295. The molecule has 2 heterocycles. The lowest BCUT2D eigenvalue weighted by Crippen LogP contribution is -2.10. The minimum Gasteiger partial charge on any atom is -0.444 e. The van der Waals surface area contributed by atoms with Crippen LogP contribution < -0.4 is 5.32 Å². The van der Waals surface area contributed by atoms with Gasteiger partial charge in [0.25, 0.3) is 5.91 Å². The number of carbonyl (C=O) groups excluding carboxylic acids is 1. The number of carbonyl (C=O) groups is 1. The third kappa shape index (κ3) is 3.53. The standard InChI is InChI=1S/C13H9BrN4O2S/c14-11-6-5-10(20-11)12(19)17-8-1-3-9(4-2-8)21-13-15-7-16-18-13/h1-7H,(H,17,19)(H,15,16,18). The maximum Gasteiger partial charge on any atom is 0.291 e.